The summed E-state index contributed by atoms with van der Waals surface area (Å²) in [6.45, 7) is 2.07. The maximum absolute atomic E-state index is 11.8. The number of aryl methyl sites for hydroxylation is 1. The Balaban J connectivity index is 1.58. The Bertz CT molecular complexity index is 496. The molecule has 112 valence electrons. The number of carbonyl (C=O) groups is 1. The number of aldehydes is 1. The number of ether oxygens (including phenoxy) is 1. The van der Waals surface area contributed by atoms with E-state index in [0.29, 0.717) is 0 Å². The molecule has 0 amide bonds. The summed E-state index contributed by atoms with van der Waals surface area (Å²) in [6.07, 6.45) is 8.62. The van der Waals surface area contributed by atoms with Gasteiger partial charge in [0.15, 0.2) is 12.4 Å². The van der Waals surface area contributed by atoms with E-state index in [1.807, 2.05) is 12.1 Å². The van der Waals surface area contributed by atoms with E-state index in [2.05, 4.69) is 19.1 Å². The second-order valence-corrected chi connectivity index (χ2v) is 7.77. The Morgan fingerprint density at radius 3 is 2.05 bits per heavy atom. The van der Waals surface area contributed by atoms with Crippen LogP contribution in [0, 0.1) is 30.1 Å². The second-order valence-electron chi connectivity index (χ2n) is 7.77. The van der Waals surface area contributed by atoms with Gasteiger partial charge >= 0.3 is 0 Å². The van der Waals surface area contributed by atoms with Crippen LogP contribution in [0.2, 0.25) is 0 Å². The van der Waals surface area contributed by atoms with E-state index < -0.39 is 0 Å². The molecule has 2 nitrogen and oxygen atoms in total. The number of benzene rings is 1. The van der Waals surface area contributed by atoms with E-state index in [-0.39, 0.29) is 11.5 Å². The first-order valence-corrected chi connectivity index (χ1v) is 8.35. The van der Waals surface area contributed by atoms with Gasteiger partial charge in [-0.3, -0.25) is 4.79 Å². The number of rotatable bonds is 4. The molecule has 1 aromatic rings. The van der Waals surface area contributed by atoms with Crippen molar-refractivity contribution in [3.8, 4) is 5.75 Å². The maximum atomic E-state index is 11.8. The fourth-order valence-corrected chi connectivity index (χ4v) is 5.59. The Morgan fingerprint density at radius 2 is 1.57 bits per heavy atom. The van der Waals surface area contributed by atoms with Crippen LogP contribution in [0.5, 0.6) is 5.75 Å². The van der Waals surface area contributed by atoms with Crippen LogP contribution in [0.4, 0.5) is 0 Å². The highest BCUT2D eigenvalue weighted by atomic mass is 16.5. The summed E-state index contributed by atoms with van der Waals surface area (Å²) in [5.74, 6) is 3.38. The van der Waals surface area contributed by atoms with Gasteiger partial charge in [0.05, 0.1) is 0 Å². The van der Waals surface area contributed by atoms with E-state index in [9.17, 15) is 4.79 Å². The zero-order valence-corrected chi connectivity index (χ0v) is 12.8. The van der Waals surface area contributed by atoms with Crippen LogP contribution in [-0.2, 0) is 4.79 Å². The molecule has 4 fully saturated rings. The molecule has 0 heterocycles. The van der Waals surface area contributed by atoms with E-state index >= 15 is 0 Å². The third kappa shape index (κ3) is 2.29. The van der Waals surface area contributed by atoms with E-state index in [4.69, 9.17) is 4.74 Å². The van der Waals surface area contributed by atoms with Crippen molar-refractivity contribution in [3.05, 3.63) is 29.8 Å². The molecule has 0 aromatic heterocycles. The van der Waals surface area contributed by atoms with Crippen molar-refractivity contribution in [1.29, 1.82) is 0 Å². The van der Waals surface area contributed by atoms with Gasteiger partial charge in [-0.2, -0.15) is 0 Å². The normalized spacial score (nSPS) is 38.2. The highest BCUT2D eigenvalue weighted by Crippen LogP contribution is 2.61. The van der Waals surface area contributed by atoms with Gasteiger partial charge in [-0.05, 0) is 75.3 Å². The first-order valence-electron chi connectivity index (χ1n) is 8.35. The zero-order chi connectivity index (χ0) is 14.4. The molecular weight excluding hydrogens is 260 g/mol. The maximum Gasteiger partial charge on any atom is 0.161 e. The van der Waals surface area contributed by atoms with Crippen molar-refractivity contribution >= 4 is 6.29 Å². The fraction of sp³-hybridized carbons (Fsp3) is 0.632. The van der Waals surface area contributed by atoms with Gasteiger partial charge in [-0.1, -0.05) is 17.7 Å². The molecular formula is C19H24O2. The second kappa shape index (κ2) is 4.86. The van der Waals surface area contributed by atoms with Gasteiger partial charge in [0, 0.05) is 5.41 Å². The van der Waals surface area contributed by atoms with E-state index in [1.54, 1.807) is 0 Å². The fourth-order valence-electron chi connectivity index (χ4n) is 5.59. The lowest BCUT2D eigenvalue weighted by Crippen LogP contribution is -2.53. The minimum absolute atomic E-state index is 0.126. The lowest BCUT2D eigenvalue weighted by atomic mass is 9.48. The van der Waals surface area contributed by atoms with Crippen molar-refractivity contribution in [3.63, 3.8) is 0 Å². The Labute approximate surface area is 126 Å². The van der Waals surface area contributed by atoms with Crippen molar-refractivity contribution in [2.45, 2.75) is 51.6 Å². The summed E-state index contributed by atoms with van der Waals surface area (Å²) in [4.78, 5) is 11.8. The van der Waals surface area contributed by atoms with E-state index in [1.165, 1.54) is 44.1 Å². The molecule has 1 unspecified atom stereocenters. The molecule has 0 aliphatic heterocycles. The van der Waals surface area contributed by atoms with Crippen LogP contribution in [0.1, 0.15) is 44.1 Å². The SMILES string of the molecule is Cc1ccc(OC(C=O)C23CC4CC(CC(C4)C2)C3)cc1. The Kier molecular flexibility index (Phi) is 3.09. The third-order valence-corrected chi connectivity index (χ3v) is 6.10. The summed E-state index contributed by atoms with van der Waals surface area (Å²) in [7, 11) is 0. The Morgan fingerprint density at radius 1 is 1.05 bits per heavy atom. The van der Waals surface area contributed by atoms with Crippen LogP contribution in [0.3, 0.4) is 0 Å². The summed E-state index contributed by atoms with van der Waals surface area (Å²) in [5, 5.41) is 0. The number of carbonyl (C=O) groups excluding carboxylic acids is 1. The first kappa shape index (κ1) is 13.4. The van der Waals surface area contributed by atoms with Crippen LogP contribution < -0.4 is 4.74 Å². The van der Waals surface area contributed by atoms with Gasteiger partial charge in [0.1, 0.15) is 5.75 Å². The number of hydrogen-bond donors (Lipinski definition) is 0. The van der Waals surface area contributed by atoms with Crippen molar-refractivity contribution < 1.29 is 9.53 Å². The van der Waals surface area contributed by atoms with Gasteiger partial charge in [-0.25, -0.2) is 0 Å². The lowest BCUT2D eigenvalue weighted by Gasteiger charge is -2.58. The van der Waals surface area contributed by atoms with Gasteiger partial charge in [0.25, 0.3) is 0 Å². The average molecular weight is 284 g/mol. The molecule has 0 saturated heterocycles. The molecule has 4 aliphatic carbocycles. The highest BCUT2D eigenvalue weighted by Gasteiger charge is 2.55. The predicted octanol–water partition coefficient (Wildman–Crippen LogP) is 4.16. The smallest absolute Gasteiger partial charge is 0.161 e. The minimum atomic E-state index is -0.256. The molecule has 4 bridgehead atoms. The number of hydrogen-bond acceptors (Lipinski definition) is 2. The van der Waals surface area contributed by atoms with Crippen LogP contribution in [0.15, 0.2) is 24.3 Å². The average Bonchev–Trinajstić information content (AvgIpc) is 2.45. The van der Waals surface area contributed by atoms with Gasteiger partial charge < -0.3 is 4.74 Å². The molecule has 0 spiro atoms. The highest BCUT2D eigenvalue weighted by molar-refractivity contribution is 5.59. The molecule has 21 heavy (non-hydrogen) atoms. The standard InChI is InChI=1S/C19H24O2/c1-13-2-4-17(5-3-13)21-18(12-20)19-9-14-6-15(10-19)8-16(7-14)11-19/h2-5,12,14-16,18H,6-11H2,1H3. The summed E-state index contributed by atoms with van der Waals surface area (Å²) >= 11 is 0. The van der Waals surface area contributed by atoms with Crippen LogP contribution in [0.25, 0.3) is 0 Å². The molecule has 2 heteroatoms. The molecule has 0 radical (unpaired) electrons. The van der Waals surface area contributed by atoms with Crippen molar-refractivity contribution in [2.24, 2.45) is 23.2 Å². The first-order chi connectivity index (χ1) is 10.2. The summed E-state index contributed by atoms with van der Waals surface area (Å²) in [6, 6.07) is 8.09. The zero-order valence-electron chi connectivity index (χ0n) is 12.8. The molecule has 4 aliphatic rings. The molecule has 1 atom stereocenters. The molecule has 1 aromatic carbocycles. The summed E-state index contributed by atoms with van der Waals surface area (Å²) in [5.41, 5.74) is 1.35. The minimum Gasteiger partial charge on any atom is -0.482 e. The Hall–Kier alpha value is -1.31. The monoisotopic (exact) mass is 284 g/mol. The van der Waals surface area contributed by atoms with Crippen molar-refractivity contribution in [2.75, 3.05) is 0 Å². The quantitative estimate of drug-likeness (QED) is 0.776. The van der Waals surface area contributed by atoms with Gasteiger partial charge in [0.2, 0.25) is 0 Å². The topological polar surface area (TPSA) is 26.3 Å². The molecule has 4 saturated carbocycles. The van der Waals surface area contributed by atoms with Gasteiger partial charge in [-0.15, -0.1) is 0 Å². The lowest BCUT2D eigenvalue weighted by molar-refractivity contribution is -0.137. The largest absolute Gasteiger partial charge is 0.482 e. The van der Waals surface area contributed by atoms with Crippen LogP contribution in [-0.4, -0.2) is 12.4 Å². The van der Waals surface area contributed by atoms with E-state index in [0.717, 1.165) is 29.8 Å². The molecule has 0 N–H and O–H groups in total. The summed E-state index contributed by atoms with van der Waals surface area (Å²) < 4.78 is 6.14. The van der Waals surface area contributed by atoms with Crippen LogP contribution >= 0.6 is 0 Å². The van der Waals surface area contributed by atoms with Crippen molar-refractivity contribution in [1.82, 2.24) is 0 Å². The molecule has 5 rings (SSSR count). The predicted molar refractivity (Wildman–Crippen MR) is 82.3 cm³/mol. The third-order valence-electron chi connectivity index (χ3n) is 6.10.